The van der Waals surface area contributed by atoms with Crippen LogP contribution in [-0.4, -0.2) is 48.8 Å². The molecule has 8 heteroatoms. The minimum absolute atomic E-state index is 0.0640. The van der Waals surface area contributed by atoms with Crippen molar-refractivity contribution in [2.24, 2.45) is 0 Å². The molecule has 1 saturated heterocycles. The Morgan fingerprint density at radius 1 is 1.17 bits per heavy atom. The first kappa shape index (κ1) is 20.5. The van der Waals surface area contributed by atoms with Gasteiger partial charge >= 0.3 is 0 Å². The number of morpholine rings is 1. The molecular weight excluding hydrogens is 409 g/mol. The van der Waals surface area contributed by atoms with Gasteiger partial charge in [-0.1, -0.05) is 47.1 Å². The lowest BCUT2D eigenvalue weighted by Crippen LogP contribution is -2.43. The predicted octanol–water partition coefficient (Wildman–Crippen LogP) is 3.94. The second-order valence-electron chi connectivity index (χ2n) is 6.98. The summed E-state index contributed by atoms with van der Waals surface area (Å²) in [5, 5.41) is 7.45. The minimum Gasteiger partial charge on any atom is -0.379 e. The van der Waals surface area contributed by atoms with Gasteiger partial charge in [0.15, 0.2) is 0 Å². The van der Waals surface area contributed by atoms with Crippen molar-refractivity contribution < 1.29 is 18.4 Å². The van der Waals surface area contributed by atoms with E-state index in [1.807, 2.05) is 24.3 Å². The van der Waals surface area contributed by atoms with Gasteiger partial charge in [-0.25, -0.2) is 4.39 Å². The van der Waals surface area contributed by atoms with Gasteiger partial charge < -0.3 is 14.6 Å². The molecule has 6 nitrogen and oxygen atoms in total. The minimum atomic E-state index is -0.393. The first-order valence-corrected chi connectivity index (χ1v) is 10.1. The molecule has 1 aliphatic rings. The van der Waals surface area contributed by atoms with Gasteiger partial charge in [-0.2, -0.15) is 0 Å². The van der Waals surface area contributed by atoms with Crippen molar-refractivity contribution in [3.63, 3.8) is 0 Å². The Morgan fingerprint density at radius 3 is 2.73 bits per heavy atom. The van der Waals surface area contributed by atoms with Crippen molar-refractivity contribution >= 4 is 17.5 Å². The molecule has 2 heterocycles. The predicted molar refractivity (Wildman–Crippen MR) is 111 cm³/mol. The third-order valence-corrected chi connectivity index (χ3v) is 5.41. The summed E-state index contributed by atoms with van der Waals surface area (Å²) in [4.78, 5) is 14.9. The van der Waals surface area contributed by atoms with E-state index in [1.165, 1.54) is 18.2 Å². The van der Waals surface area contributed by atoms with Crippen LogP contribution in [0.4, 0.5) is 4.39 Å². The molecule has 3 aromatic rings. The number of amides is 1. The quantitative estimate of drug-likeness (QED) is 0.643. The number of carbonyl (C=O) groups excluding carboxylic acids is 1. The largest absolute Gasteiger partial charge is 0.379 e. The van der Waals surface area contributed by atoms with Gasteiger partial charge in [-0.3, -0.25) is 9.69 Å². The highest BCUT2D eigenvalue weighted by Crippen LogP contribution is 2.28. The number of hydrogen-bond donors (Lipinski definition) is 1. The van der Waals surface area contributed by atoms with Gasteiger partial charge in [-0.05, 0) is 23.8 Å². The Morgan fingerprint density at radius 2 is 1.97 bits per heavy atom. The summed E-state index contributed by atoms with van der Waals surface area (Å²) in [5.74, 6) is -0.709. The van der Waals surface area contributed by atoms with E-state index in [2.05, 4.69) is 15.4 Å². The van der Waals surface area contributed by atoms with Crippen LogP contribution in [-0.2, 0) is 4.74 Å². The highest BCUT2D eigenvalue weighted by molar-refractivity contribution is 6.31. The Balaban J connectivity index is 1.48. The van der Waals surface area contributed by atoms with E-state index < -0.39 is 5.91 Å². The van der Waals surface area contributed by atoms with Gasteiger partial charge in [0.2, 0.25) is 5.76 Å². The summed E-state index contributed by atoms with van der Waals surface area (Å²) < 4.78 is 24.1. The van der Waals surface area contributed by atoms with Crippen LogP contribution in [0.1, 0.15) is 22.2 Å². The smallest absolute Gasteiger partial charge is 0.289 e. The number of carbonyl (C=O) groups is 1. The van der Waals surface area contributed by atoms with Crippen LogP contribution in [0.3, 0.4) is 0 Å². The maximum atomic E-state index is 13.4. The maximum Gasteiger partial charge on any atom is 0.289 e. The van der Waals surface area contributed by atoms with Crippen LogP contribution in [0.15, 0.2) is 59.1 Å². The van der Waals surface area contributed by atoms with Crippen LogP contribution in [0.5, 0.6) is 0 Å². The second kappa shape index (κ2) is 9.38. The number of nitrogens with one attached hydrogen (secondary N) is 1. The maximum absolute atomic E-state index is 13.4. The summed E-state index contributed by atoms with van der Waals surface area (Å²) in [6.07, 6.45) is 0. The molecular formula is C22H21ClFN3O3. The molecule has 2 aromatic carbocycles. The van der Waals surface area contributed by atoms with Crippen LogP contribution in [0.25, 0.3) is 11.3 Å². The summed E-state index contributed by atoms with van der Waals surface area (Å²) in [7, 11) is 0. The van der Waals surface area contributed by atoms with Crippen molar-refractivity contribution in [1.82, 2.24) is 15.4 Å². The standard InChI is InChI=1S/C22H21ClFN3O3/c23-18-7-2-1-6-17(18)20(27-8-10-29-11-9-27)14-25-22(28)21-13-19(26-30-21)15-4-3-5-16(24)12-15/h1-7,12-13,20H,8-11,14H2,(H,25,28). The Labute approximate surface area is 178 Å². The monoisotopic (exact) mass is 429 g/mol. The molecule has 0 bridgehead atoms. The normalized spacial score (nSPS) is 15.7. The molecule has 0 aliphatic carbocycles. The highest BCUT2D eigenvalue weighted by atomic mass is 35.5. The topological polar surface area (TPSA) is 67.6 Å². The third-order valence-electron chi connectivity index (χ3n) is 5.06. The fourth-order valence-corrected chi connectivity index (χ4v) is 3.77. The van der Waals surface area contributed by atoms with Crippen LogP contribution < -0.4 is 5.32 Å². The zero-order chi connectivity index (χ0) is 20.9. The molecule has 0 saturated carbocycles. The summed E-state index contributed by atoms with van der Waals surface area (Å²) in [6, 6.07) is 15.0. The lowest BCUT2D eigenvalue weighted by Gasteiger charge is -2.35. The van der Waals surface area contributed by atoms with E-state index in [-0.39, 0.29) is 17.6 Å². The van der Waals surface area contributed by atoms with E-state index in [9.17, 15) is 9.18 Å². The molecule has 156 valence electrons. The molecule has 1 unspecified atom stereocenters. The molecule has 30 heavy (non-hydrogen) atoms. The van der Waals surface area contributed by atoms with Crippen molar-refractivity contribution in [2.75, 3.05) is 32.8 Å². The van der Waals surface area contributed by atoms with E-state index >= 15 is 0 Å². The van der Waals surface area contributed by atoms with E-state index in [0.717, 1.165) is 18.7 Å². The molecule has 4 rings (SSSR count). The number of aromatic nitrogens is 1. The van der Waals surface area contributed by atoms with Gasteiger partial charge in [0.05, 0.1) is 19.3 Å². The third kappa shape index (κ3) is 4.70. The molecule has 1 amide bonds. The summed E-state index contributed by atoms with van der Waals surface area (Å²) >= 11 is 6.42. The van der Waals surface area contributed by atoms with E-state index in [1.54, 1.807) is 12.1 Å². The number of ether oxygens (including phenoxy) is 1. The molecule has 0 spiro atoms. The van der Waals surface area contributed by atoms with Crippen LogP contribution in [0.2, 0.25) is 5.02 Å². The Hall–Kier alpha value is -2.74. The van der Waals surface area contributed by atoms with Gasteiger partial charge in [-0.15, -0.1) is 0 Å². The molecule has 0 radical (unpaired) electrons. The number of nitrogens with zero attached hydrogens (tertiary/aromatic N) is 2. The van der Waals surface area contributed by atoms with Crippen molar-refractivity contribution in [3.8, 4) is 11.3 Å². The first-order valence-electron chi connectivity index (χ1n) is 9.69. The van der Waals surface area contributed by atoms with Crippen molar-refractivity contribution in [3.05, 3.63) is 76.8 Å². The number of halogens is 2. The zero-order valence-electron chi connectivity index (χ0n) is 16.2. The highest BCUT2D eigenvalue weighted by Gasteiger charge is 2.25. The lowest BCUT2D eigenvalue weighted by atomic mass is 10.0. The van der Waals surface area contributed by atoms with Crippen LogP contribution >= 0.6 is 11.6 Å². The Kier molecular flexibility index (Phi) is 6.42. The average molecular weight is 430 g/mol. The number of hydrogen-bond acceptors (Lipinski definition) is 5. The molecule has 1 fully saturated rings. The first-order chi connectivity index (χ1) is 14.6. The SMILES string of the molecule is O=C(NCC(c1ccccc1Cl)N1CCOCC1)c1cc(-c2cccc(F)c2)no1. The van der Waals surface area contributed by atoms with Crippen molar-refractivity contribution in [2.45, 2.75) is 6.04 Å². The molecule has 1 N–H and O–H groups in total. The number of rotatable bonds is 6. The van der Waals surface area contributed by atoms with E-state index in [0.29, 0.717) is 36.0 Å². The fourth-order valence-electron chi connectivity index (χ4n) is 3.51. The van der Waals surface area contributed by atoms with Crippen LogP contribution in [0, 0.1) is 5.82 Å². The fraction of sp³-hybridized carbons (Fsp3) is 0.273. The molecule has 1 aromatic heterocycles. The molecule has 1 atom stereocenters. The Bertz CT molecular complexity index is 1020. The average Bonchev–Trinajstić information content (AvgIpc) is 3.26. The summed E-state index contributed by atoms with van der Waals surface area (Å²) in [6.45, 7) is 3.11. The summed E-state index contributed by atoms with van der Waals surface area (Å²) in [5.41, 5.74) is 1.88. The molecule has 1 aliphatic heterocycles. The van der Waals surface area contributed by atoms with Crippen molar-refractivity contribution in [1.29, 1.82) is 0 Å². The van der Waals surface area contributed by atoms with E-state index in [4.69, 9.17) is 20.9 Å². The number of benzene rings is 2. The zero-order valence-corrected chi connectivity index (χ0v) is 16.9. The second-order valence-corrected chi connectivity index (χ2v) is 7.39. The van der Waals surface area contributed by atoms with Gasteiger partial charge in [0, 0.05) is 36.3 Å². The van der Waals surface area contributed by atoms with Gasteiger partial charge in [0.25, 0.3) is 5.91 Å². The van der Waals surface area contributed by atoms with Gasteiger partial charge in [0.1, 0.15) is 11.5 Å². The lowest BCUT2D eigenvalue weighted by molar-refractivity contribution is 0.0161.